The van der Waals surface area contributed by atoms with Gasteiger partial charge in [-0.25, -0.2) is 9.97 Å². The number of hydrogen-bond donors (Lipinski definition) is 2. The number of benzene rings is 1. The number of nitrogen functional groups attached to an aromatic ring is 1. The molecule has 6 heteroatoms. The molecule has 2 rings (SSSR count). The standard InChI is InChI=1S/C13H18N4O2/c1-18-6-7-19-5-4-15-13-11-3-2-10(14)8-12(11)16-9-17-13/h2-3,8-9H,4-7,14H2,1H3,(H,15,16,17). The first-order valence-electron chi connectivity index (χ1n) is 6.12. The smallest absolute Gasteiger partial charge is 0.137 e. The summed E-state index contributed by atoms with van der Waals surface area (Å²) in [7, 11) is 1.65. The van der Waals surface area contributed by atoms with Gasteiger partial charge in [-0.3, -0.25) is 0 Å². The topological polar surface area (TPSA) is 82.3 Å². The minimum absolute atomic E-state index is 0.596. The lowest BCUT2D eigenvalue weighted by molar-refractivity contribution is 0.0759. The van der Waals surface area contributed by atoms with Crippen LogP contribution in [0, 0.1) is 0 Å². The predicted octanol–water partition coefficient (Wildman–Crippen LogP) is 1.29. The Morgan fingerprint density at radius 1 is 1.21 bits per heavy atom. The number of hydrogen-bond acceptors (Lipinski definition) is 6. The van der Waals surface area contributed by atoms with Gasteiger partial charge in [0.2, 0.25) is 0 Å². The monoisotopic (exact) mass is 262 g/mol. The van der Waals surface area contributed by atoms with E-state index in [0.717, 1.165) is 16.7 Å². The van der Waals surface area contributed by atoms with E-state index in [9.17, 15) is 0 Å². The first-order chi connectivity index (χ1) is 9.31. The van der Waals surface area contributed by atoms with Gasteiger partial charge in [-0.15, -0.1) is 0 Å². The Balaban J connectivity index is 1.93. The Labute approximate surface area is 111 Å². The highest BCUT2D eigenvalue weighted by Gasteiger charge is 2.03. The molecule has 0 aliphatic carbocycles. The van der Waals surface area contributed by atoms with Crippen molar-refractivity contribution in [3.8, 4) is 0 Å². The summed E-state index contributed by atoms with van der Waals surface area (Å²) >= 11 is 0. The van der Waals surface area contributed by atoms with E-state index in [1.165, 1.54) is 6.33 Å². The molecule has 2 aromatic rings. The van der Waals surface area contributed by atoms with Gasteiger partial charge in [-0.2, -0.15) is 0 Å². The average Bonchev–Trinajstić information content (AvgIpc) is 2.42. The number of nitrogens with one attached hydrogen (secondary N) is 1. The number of nitrogens with two attached hydrogens (primary N) is 1. The molecule has 0 amide bonds. The number of rotatable bonds is 7. The van der Waals surface area contributed by atoms with Crippen molar-refractivity contribution in [2.24, 2.45) is 0 Å². The third-order valence-electron chi connectivity index (χ3n) is 2.63. The second-order valence-corrected chi connectivity index (χ2v) is 4.03. The van der Waals surface area contributed by atoms with Crippen LogP contribution >= 0.6 is 0 Å². The van der Waals surface area contributed by atoms with Gasteiger partial charge in [0.15, 0.2) is 0 Å². The zero-order valence-electron chi connectivity index (χ0n) is 10.9. The molecule has 1 heterocycles. The maximum absolute atomic E-state index is 5.73. The van der Waals surface area contributed by atoms with Crippen molar-refractivity contribution in [3.05, 3.63) is 24.5 Å². The van der Waals surface area contributed by atoms with Crippen molar-refractivity contribution >= 4 is 22.4 Å². The van der Waals surface area contributed by atoms with Gasteiger partial charge in [0.25, 0.3) is 0 Å². The van der Waals surface area contributed by atoms with Crippen molar-refractivity contribution in [3.63, 3.8) is 0 Å². The lowest BCUT2D eigenvalue weighted by Crippen LogP contribution is -2.13. The van der Waals surface area contributed by atoms with Crippen LogP contribution in [0.2, 0.25) is 0 Å². The van der Waals surface area contributed by atoms with Gasteiger partial charge in [-0.05, 0) is 18.2 Å². The van der Waals surface area contributed by atoms with E-state index in [-0.39, 0.29) is 0 Å². The summed E-state index contributed by atoms with van der Waals surface area (Å²) < 4.78 is 10.3. The van der Waals surface area contributed by atoms with Crippen molar-refractivity contribution in [2.75, 3.05) is 44.5 Å². The fourth-order valence-electron chi connectivity index (χ4n) is 1.70. The highest BCUT2D eigenvalue weighted by molar-refractivity contribution is 5.90. The molecule has 0 saturated carbocycles. The average molecular weight is 262 g/mol. The van der Waals surface area contributed by atoms with Gasteiger partial charge in [-0.1, -0.05) is 0 Å². The summed E-state index contributed by atoms with van der Waals surface area (Å²) in [5, 5.41) is 4.18. The Morgan fingerprint density at radius 2 is 2.11 bits per heavy atom. The SMILES string of the molecule is COCCOCCNc1ncnc2cc(N)ccc12. The molecule has 0 unspecified atom stereocenters. The van der Waals surface area contributed by atoms with E-state index >= 15 is 0 Å². The van der Waals surface area contributed by atoms with Gasteiger partial charge in [0.1, 0.15) is 12.1 Å². The number of nitrogens with zero attached hydrogens (tertiary/aromatic N) is 2. The molecule has 0 aliphatic heterocycles. The number of methoxy groups -OCH3 is 1. The van der Waals surface area contributed by atoms with Gasteiger partial charge >= 0.3 is 0 Å². The van der Waals surface area contributed by atoms with Crippen LogP contribution in [0.5, 0.6) is 0 Å². The second kappa shape index (κ2) is 6.86. The summed E-state index contributed by atoms with van der Waals surface area (Å²) in [5.41, 5.74) is 7.26. The summed E-state index contributed by atoms with van der Waals surface area (Å²) in [6.45, 7) is 2.49. The van der Waals surface area contributed by atoms with E-state index < -0.39 is 0 Å². The van der Waals surface area contributed by atoms with Crippen LogP contribution in [0.4, 0.5) is 11.5 Å². The molecule has 0 fully saturated rings. The largest absolute Gasteiger partial charge is 0.399 e. The molecule has 0 atom stereocenters. The van der Waals surface area contributed by atoms with E-state index in [4.69, 9.17) is 15.2 Å². The van der Waals surface area contributed by atoms with Crippen molar-refractivity contribution < 1.29 is 9.47 Å². The molecule has 19 heavy (non-hydrogen) atoms. The van der Waals surface area contributed by atoms with E-state index in [0.29, 0.717) is 32.1 Å². The maximum atomic E-state index is 5.73. The molecule has 0 saturated heterocycles. The summed E-state index contributed by atoms with van der Waals surface area (Å²) in [4.78, 5) is 8.42. The summed E-state index contributed by atoms with van der Waals surface area (Å²) in [5.74, 6) is 0.792. The molecule has 1 aromatic heterocycles. The first kappa shape index (κ1) is 13.5. The fraction of sp³-hybridized carbons (Fsp3) is 0.385. The molecular formula is C13H18N4O2. The minimum Gasteiger partial charge on any atom is -0.399 e. The molecule has 102 valence electrons. The Hall–Kier alpha value is -1.92. The highest BCUT2D eigenvalue weighted by atomic mass is 16.5. The van der Waals surface area contributed by atoms with Crippen LogP contribution in [0.1, 0.15) is 0 Å². The highest BCUT2D eigenvalue weighted by Crippen LogP contribution is 2.20. The van der Waals surface area contributed by atoms with E-state index in [1.807, 2.05) is 18.2 Å². The number of fused-ring (bicyclic) bond motifs is 1. The van der Waals surface area contributed by atoms with Gasteiger partial charge < -0.3 is 20.5 Å². The zero-order valence-corrected chi connectivity index (χ0v) is 10.9. The van der Waals surface area contributed by atoms with Gasteiger partial charge in [0, 0.05) is 24.7 Å². The second-order valence-electron chi connectivity index (χ2n) is 4.03. The summed E-state index contributed by atoms with van der Waals surface area (Å²) in [6.07, 6.45) is 1.52. The fourth-order valence-corrected chi connectivity index (χ4v) is 1.70. The Bertz CT molecular complexity index is 533. The van der Waals surface area contributed by atoms with Crippen molar-refractivity contribution in [1.82, 2.24) is 9.97 Å². The van der Waals surface area contributed by atoms with Crippen LogP contribution in [0.15, 0.2) is 24.5 Å². The zero-order chi connectivity index (χ0) is 13.5. The predicted molar refractivity (Wildman–Crippen MR) is 75.1 cm³/mol. The number of aromatic nitrogens is 2. The van der Waals surface area contributed by atoms with Crippen molar-refractivity contribution in [1.29, 1.82) is 0 Å². The Kier molecular flexibility index (Phi) is 4.88. The third kappa shape index (κ3) is 3.77. The van der Waals surface area contributed by atoms with Crippen LogP contribution in [0.25, 0.3) is 10.9 Å². The number of ether oxygens (including phenoxy) is 2. The third-order valence-corrected chi connectivity index (χ3v) is 2.63. The number of anilines is 2. The quantitative estimate of drug-likeness (QED) is 0.578. The molecule has 3 N–H and O–H groups in total. The van der Waals surface area contributed by atoms with Crippen LogP contribution < -0.4 is 11.1 Å². The summed E-state index contributed by atoms with van der Waals surface area (Å²) in [6, 6.07) is 5.59. The molecule has 1 aromatic carbocycles. The molecule has 0 aliphatic rings. The lowest BCUT2D eigenvalue weighted by Gasteiger charge is -2.09. The first-order valence-corrected chi connectivity index (χ1v) is 6.12. The molecular weight excluding hydrogens is 244 g/mol. The van der Waals surface area contributed by atoms with Crippen LogP contribution in [-0.2, 0) is 9.47 Å². The Morgan fingerprint density at radius 3 is 2.95 bits per heavy atom. The van der Waals surface area contributed by atoms with Crippen LogP contribution in [-0.4, -0.2) is 43.4 Å². The van der Waals surface area contributed by atoms with Crippen LogP contribution in [0.3, 0.4) is 0 Å². The van der Waals surface area contributed by atoms with Crippen molar-refractivity contribution in [2.45, 2.75) is 0 Å². The lowest BCUT2D eigenvalue weighted by atomic mass is 10.2. The van der Waals surface area contributed by atoms with Gasteiger partial charge in [0.05, 0.1) is 25.3 Å². The maximum Gasteiger partial charge on any atom is 0.137 e. The molecule has 0 spiro atoms. The minimum atomic E-state index is 0.596. The van der Waals surface area contributed by atoms with E-state index in [2.05, 4.69) is 15.3 Å². The molecule has 0 bridgehead atoms. The van der Waals surface area contributed by atoms with E-state index in [1.54, 1.807) is 7.11 Å². The molecule has 6 nitrogen and oxygen atoms in total. The normalized spacial score (nSPS) is 10.8. The molecule has 0 radical (unpaired) electrons.